The van der Waals surface area contributed by atoms with Gasteiger partial charge < -0.3 is 9.88 Å². The van der Waals surface area contributed by atoms with Crippen LogP contribution in [0.25, 0.3) is 22.2 Å². The molecular formula is C21H26B7N5O. The molecule has 0 aliphatic carbocycles. The summed E-state index contributed by atoms with van der Waals surface area (Å²) in [5.74, 6) is 1.30. The first-order valence-electron chi connectivity index (χ1n) is 11.6. The van der Waals surface area contributed by atoms with E-state index >= 15 is 0 Å². The minimum Gasteiger partial charge on any atom is -0.331 e. The summed E-state index contributed by atoms with van der Waals surface area (Å²) in [6.45, 7) is 1.97. The van der Waals surface area contributed by atoms with Crippen LogP contribution >= 0.6 is 0 Å². The van der Waals surface area contributed by atoms with E-state index in [0.29, 0.717) is 5.82 Å². The second-order valence-electron chi connectivity index (χ2n) is 10.2. The molecule has 0 unspecified atom stereocenters. The van der Waals surface area contributed by atoms with Crippen LogP contribution in [0.4, 0.5) is 5.82 Å². The number of amides is 1. The van der Waals surface area contributed by atoms with Gasteiger partial charge in [0.1, 0.15) is 43.0 Å². The number of anilines is 1. The van der Waals surface area contributed by atoms with Gasteiger partial charge in [0.15, 0.2) is 0 Å². The number of imidazole rings is 1. The third kappa shape index (κ3) is 4.12. The topological polar surface area (TPSA) is 72.7 Å². The first kappa shape index (κ1) is 24.1. The predicted octanol–water partition coefficient (Wildman–Crippen LogP) is -6.37. The van der Waals surface area contributed by atoms with Crippen LogP contribution in [0, 0.1) is 6.92 Å². The summed E-state index contributed by atoms with van der Waals surface area (Å²) in [5, 5.41) is 3.94. The van der Waals surface area contributed by atoms with E-state index in [0.717, 1.165) is 44.5 Å². The number of carbonyl (C=O) groups is 1. The number of aromatic nitrogens is 4. The summed E-state index contributed by atoms with van der Waals surface area (Å²) in [4.78, 5) is 26.8. The number of pyridine rings is 2. The molecule has 34 heavy (non-hydrogen) atoms. The first-order chi connectivity index (χ1) is 15.9. The maximum atomic E-state index is 13.4. The lowest BCUT2D eigenvalue weighted by atomic mass is 9.37. The van der Waals surface area contributed by atoms with E-state index in [1.807, 2.05) is 52.7 Å². The zero-order valence-corrected chi connectivity index (χ0v) is 21.6. The molecule has 3 aromatic heterocycles. The molecule has 0 fully saturated rings. The first-order valence-corrected chi connectivity index (χ1v) is 11.6. The fraction of sp³-hybridized carbons (Fsp3) is 0.143. The third-order valence-corrected chi connectivity index (χ3v) is 6.93. The number of rotatable bonds is 4. The van der Waals surface area contributed by atoms with Crippen LogP contribution < -0.4 is 27.2 Å². The lowest BCUT2D eigenvalue weighted by Gasteiger charge is -2.30. The molecule has 0 radical (unpaired) electrons. The van der Waals surface area contributed by atoms with Gasteiger partial charge in [0, 0.05) is 29.8 Å². The maximum Gasteiger partial charge on any atom is 0.255 e. The zero-order chi connectivity index (χ0) is 24.9. The van der Waals surface area contributed by atoms with Crippen LogP contribution in [-0.2, 0) is 12.2 Å². The molecule has 162 valence electrons. The molecule has 1 N–H and O–H groups in total. The number of aryl methyl sites for hydroxylation is 1. The molecule has 6 nitrogen and oxygen atoms in total. The Hall–Kier alpha value is -3.09. The molecule has 4 aromatic rings. The summed E-state index contributed by atoms with van der Waals surface area (Å²) >= 11 is 0. The highest BCUT2D eigenvalue weighted by molar-refractivity contribution is 6.66. The van der Waals surface area contributed by atoms with Crippen molar-refractivity contribution >= 4 is 99.4 Å². The highest BCUT2D eigenvalue weighted by Crippen LogP contribution is 2.24. The van der Waals surface area contributed by atoms with Crippen molar-refractivity contribution in [3.63, 3.8) is 0 Å². The van der Waals surface area contributed by atoms with Crippen LogP contribution in [0.1, 0.15) is 21.7 Å². The van der Waals surface area contributed by atoms with Crippen molar-refractivity contribution in [2.24, 2.45) is 7.05 Å². The molecule has 13 heteroatoms. The number of hydrogen-bond donors (Lipinski definition) is 1. The van der Waals surface area contributed by atoms with Crippen LogP contribution in [0.2, 0.25) is 0 Å². The second kappa shape index (κ2) is 8.60. The van der Waals surface area contributed by atoms with E-state index in [1.54, 1.807) is 6.20 Å². The highest BCUT2D eigenvalue weighted by Gasteiger charge is 2.25. The number of benzene rings is 1. The average Bonchev–Trinajstić information content (AvgIpc) is 3.09. The molecule has 0 atom stereocenters. The van der Waals surface area contributed by atoms with E-state index < -0.39 is 0 Å². The minimum atomic E-state index is -0.139. The SMILES string of the molecule is Bc1c(B)c(C(B)(B)B)c(B)c(B)c1C(=O)Nc1cc2cc(-c3cnc(C)n3C)cnc2cn1. The Bertz CT molecular complexity index is 1430. The van der Waals surface area contributed by atoms with Gasteiger partial charge in [-0.25, -0.2) is 9.97 Å². The smallest absolute Gasteiger partial charge is 0.255 e. The summed E-state index contributed by atoms with van der Waals surface area (Å²) in [7, 11) is 16.9. The number of fused-ring (bicyclic) bond motifs is 1. The van der Waals surface area contributed by atoms with Gasteiger partial charge in [-0.1, -0.05) is 32.5 Å². The van der Waals surface area contributed by atoms with Crippen LogP contribution in [-0.4, -0.2) is 80.4 Å². The van der Waals surface area contributed by atoms with Gasteiger partial charge in [-0.2, -0.15) is 0 Å². The highest BCUT2D eigenvalue weighted by atomic mass is 16.1. The molecule has 0 spiro atoms. The molecule has 1 aromatic carbocycles. The van der Waals surface area contributed by atoms with E-state index in [-0.39, 0.29) is 11.0 Å². The fourth-order valence-corrected chi connectivity index (χ4v) is 4.97. The normalized spacial score (nSPS) is 11.6. The fourth-order valence-electron chi connectivity index (χ4n) is 4.97. The Kier molecular flexibility index (Phi) is 6.09. The molecule has 0 bridgehead atoms. The van der Waals surface area contributed by atoms with Gasteiger partial charge in [0.2, 0.25) is 0 Å². The van der Waals surface area contributed by atoms with E-state index in [1.165, 1.54) is 16.5 Å². The van der Waals surface area contributed by atoms with Gasteiger partial charge in [0.05, 0.1) is 47.1 Å². The Labute approximate surface area is 207 Å². The van der Waals surface area contributed by atoms with Gasteiger partial charge >= 0.3 is 0 Å². The van der Waals surface area contributed by atoms with Crippen molar-refractivity contribution < 1.29 is 4.79 Å². The second-order valence-corrected chi connectivity index (χ2v) is 10.2. The van der Waals surface area contributed by atoms with E-state index in [2.05, 4.69) is 65.6 Å². The Morgan fingerprint density at radius 2 is 1.56 bits per heavy atom. The predicted molar refractivity (Wildman–Crippen MR) is 161 cm³/mol. The third-order valence-electron chi connectivity index (χ3n) is 6.93. The van der Waals surface area contributed by atoms with Gasteiger partial charge in [-0.3, -0.25) is 9.78 Å². The summed E-state index contributed by atoms with van der Waals surface area (Å²) in [6, 6.07) is 3.93. The van der Waals surface area contributed by atoms with Gasteiger partial charge in [-0.05, 0) is 19.1 Å². The van der Waals surface area contributed by atoms with Crippen molar-refractivity contribution in [1.29, 1.82) is 0 Å². The molecule has 1 amide bonds. The van der Waals surface area contributed by atoms with Gasteiger partial charge in [0.25, 0.3) is 5.91 Å². The Morgan fingerprint density at radius 3 is 2.12 bits per heavy atom. The van der Waals surface area contributed by atoms with Crippen LogP contribution in [0.5, 0.6) is 0 Å². The average molecular weight is 440 g/mol. The standard InChI is InChI=1S/C21H26B7N5O/c1-8-29-7-12(33(8)2)10-3-9-4-13(31-6-11(9)30-5-10)32-20(34)14-16(22)18(24)15(21(26,27)28)19(25)17(14)23/h3-7H,22-28H2,1-2H3,(H,31,32,34). The summed E-state index contributed by atoms with van der Waals surface area (Å²) < 4.78 is 2.03. The monoisotopic (exact) mass is 441 g/mol. The molecular weight excluding hydrogens is 414 g/mol. The zero-order valence-electron chi connectivity index (χ0n) is 21.6. The quantitative estimate of drug-likeness (QED) is 0.321. The van der Waals surface area contributed by atoms with Crippen molar-refractivity contribution in [3.8, 4) is 11.3 Å². The molecule has 0 saturated heterocycles. The van der Waals surface area contributed by atoms with Crippen LogP contribution in [0.3, 0.4) is 0 Å². The lowest BCUT2D eigenvalue weighted by molar-refractivity contribution is 0.102. The number of nitrogens with one attached hydrogen (secondary N) is 1. The lowest BCUT2D eigenvalue weighted by Crippen LogP contribution is -2.54. The molecule has 0 saturated carbocycles. The molecule has 3 heterocycles. The van der Waals surface area contributed by atoms with E-state index in [9.17, 15) is 4.79 Å². The van der Waals surface area contributed by atoms with Crippen molar-refractivity contribution in [3.05, 3.63) is 47.7 Å². The molecule has 0 aliphatic rings. The Morgan fingerprint density at radius 1 is 0.912 bits per heavy atom. The van der Waals surface area contributed by atoms with Crippen molar-refractivity contribution in [1.82, 2.24) is 19.5 Å². The van der Waals surface area contributed by atoms with Gasteiger partial charge in [-0.15, -0.1) is 0 Å². The van der Waals surface area contributed by atoms with Crippen LogP contribution in [0.15, 0.2) is 30.7 Å². The number of nitrogens with zero attached hydrogens (tertiary/aromatic N) is 4. The summed E-state index contributed by atoms with van der Waals surface area (Å²) in [6.07, 6.45) is 5.37. The van der Waals surface area contributed by atoms with Crippen molar-refractivity contribution in [2.45, 2.75) is 12.0 Å². The minimum absolute atomic E-state index is 0.00963. The number of hydrogen-bond acceptors (Lipinski definition) is 4. The summed E-state index contributed by atoms with van der Waals surface area (Å²) in [5.41, 5.74) is 9.15. The Balaban J connectivity index is 1.72. The largest absolute Gasteiger partial charge is 0.331 e. The van der Waals surface area contributed by atoms with E-state index in [4.69, 9.17) is 0 Å². The molecule has 4 rings (SSSR count). The number of carbonyl (C=O) groups excluding carboxylic acids is 1. The molecule has 0 aliphatic heterocycles. The maximum absolute atomic E-state index is 13.4. The van der Waals surface area contributed by atoms with Crippen molar-refractivity contribution in [2.75, 3.05) is 5.32 Å².